The molecule has 0 bridgehead atoms. The molecule has 2 rings (SSSR count). The maximum atomic E-state index is 11.9. The van der Waals surface area contributed by atoms with Gasteiger partial charge in [0, 0.05) is 23.8 Å². The van der Waals surface area contributed by atoms with E-state index >= 15 is 0 Å². The Morgan fingerprint density at radius 3 is 2.55 bits per heavy atom. The van der Waals surface area contributed by atoms with Gasteiger partial charge in [0.1, 0.15) is 0 Å². The third-order valence-electron chi connectivity index (χ3n) is 2.36. The quantitative estimate of drug-likeness (QED) is 0.936. The van der Waals surface area contributed by atoms with Crippen LogP contribution in [0.1, 0.15) is 0 Å². The van der Waals surface area contributed by atoms with Crippen molar-refractivity contribution in [3.05, 3.63) is 48.8 Å². The number of carbonyl (C=O) groups excluding carboxylic acids is 1. The minimum absolute atomic E-state index is 0.350. The Hall–Kier alpha value is -2.44. The van der Waals surface area contributed by atoms with E-state index in [9.17, 15) is 18.0 Å². The van der Waals surface area contributed by atoms with Gasteiger partial charge in [-0.2, -0.15) is 13.2 Å². The second-order valence-corrected chi connectivity index (χ2v) is 3.96. The summed E-state index contributed by atoms with van der Waals surface area (Å²) in [5.41, 5.74) is 1.12. The van der Waals surface area contributed by atoms with Gasteiger partial charge in [-0.1, -0.05) is 6.07 Å². The number of aromatic nitrogens is 1. The molecule has 0 saturated heterocycles. The third-order valence-corrected chi connectivity index (χ3v) is 2.36. The summed E-state index contributed by atoms with van der Waals surface area (Å²) < 4.78 is 41.5. The lowest BCUT2D eigenvalue weighted by Gasteiger charge is -2.10. The largest absolute Gasteiger partial charge is 0.440 e. The molecule has 0 aliphatic heterocycles. The molecule has 0 aliphatic carbocycles. The maximum absolute atomic E-state index is 11.9. The fourth-order valence-electron chi connectivity index (χ4n) is 1.55. The van der Waals surface area contributed by atoms with E-state index in [4.69, 9.17) is 0 Å². The molecule has 0 fully saturated rings. The Bertz CT molecular complexity index is 580. The Kier molecular flexibility index (Phi) is 3.97. The number of nitrogens with one attached hydrogen (secondary N) is 1. The van der Waals surface area contributed by atoms with Gasteiger partial charge in [-0.3, -0.25) is 5.32 Å². The maximum Gasteiger partial charge on any atom is 0.422 e. The highest BCUT2D eigenvalue weighted by Gasteiger charge is 2.29. The second kappa shape index (κ2) is 5.68. The summed E-state index contributed by atoms with van der Waals surface area (Å²) in [5.74, 6) is 0. The van der Waals surface area contributed by atoms with Crippen molar-refractivity contribution in [3.63, 3.8) is 0 Å². The molecule has 1 N–H and O–H groups in total. The smallest absolute Gasteiger partial charge is 0.422 e. The van der Waals surface area contributed by atoms with Crippen LogP contribution < -0.4 is 5.32 Å². The monoisotopic (exact) mass is 284 g/mol. The molecule has 1 aromatic heterocycles. The zero-order valence-electron chi connectivity index (χ0n) is 10.2. The molecule has 2 aromatic rings. The summed E-state index contributed by atoms with van der Waals surface area (Å²) in [6.45, 7) is -1.61. The highest BCUT2D eigenvalue weighted by molar-refractivity contribution is 5.85. The molecule has 7 heteroatoms. The molecule has 20 heavy (non-hydrogen) atoms. The molecule has 0 aliphatic rings. The van der Waals surface area contributed by atoms with Crippen molar-refractivity contribution in [1.82, 2.24) is 4.57 Å². The molecule has 1 heterocycles. The predicted molar refractivity (Wildman–Crippen MR) is 66.8 cm³/mol. The van der Waals surface area contributed by atoms with Crippen molar-refractivity contribution in [2.24, 2.45) is 0 Å². The lowest BCUT2D eigenvalue weighted by Crippen LogP contribution is -2.23. The van der Waals surface area contributed by atoms with Crippen LogP contribution >= 0.6 is 0 Å². The van der Waals surface area contributed by atoms with Gasteiger partial charge in [0.05, 0.1) is 0 Å². The standard InChI is InChI=1S/C13H11F3N2O2/c14-13(15,16)9-20-12(19)17-10-4-3-5-11(8-10)18-6-1-2-7-18/h1-8H,9H2,(H,17,19). The van der Waals surface area contributed by atoms with E-state index in [1.165, 1.54) is 0 Å². The topological polar surface area (TPSA) is 43.3 Å². The first kappa shape index (κ1) is 14.0. The minimum atomic E-state index is -4.54. The van der Waals surface area contributed by atoms with Crippen molar-refractivity contribution in [1.29, 1.82) is 0 Å². The minimum Gasteiger partial charge on any atom is -0.440 e. The number of hydrogen-bond donors (Lipinski definition) is 1. The number of carbonyl (C=O) groups is 1. The molecule has 1 aromatic carbocycles. The molecule has 0 unspecified atom stereocenters. The van der Waals surface area contributed by atoms with E-state index in [0.29, 0.717) is 5.69 Å². The average Bonchev–Trinajstić information content (AvgIpc) is 2.90. The molecule has 0 saturated carbocycles. The zero-order chi connectivity index (χ0) is 14.6. The molecule has 4 nitrogen and oxygen atoms in total. The van der Waals surface area contributed by atoms with E-state index < -0.39 is 18.9 Å². The predicted octanol–water partition coefficient (Wildman–Crippen LogP) is 3.59. The number of benzene rings is 1. The van der Waals surface area contributed by atoms with Gasteiger partial charge >= 0.3 is 12.3 Å². The lowest BCUT2D eigenvalue weighted by atomic mass is 10.3. The van der Waals surface area contributed by atoms with Gasteiger partial charge < -0.3 is 9.30 Å². The number of nitrogens with zero attached hydrogens (tertiary/aromatic N) is 1. The SMILES string of the molecule is O=C(Nc1cccc(-n2cccc2)c1)OCC(F)(F)F. The molecular weight excluding hydrogens is 273 g/mol. The Morgan fingerprint density at radius 2 is 1.90 bits per heavy atom. The highest BCUT2D eigenvalue weighted by atomic mass is 19.4. The van der Waals surface area contributed by atoms with Gasteiger partial charge in [-0.05, 0) is 30.3 Å². The second-order valence-electron chi connectivity index (χ2n) is 3.96. The van der Waals surface area contributed by atoms with Crippen molar-refractivity contribution in [2.45, 2.75) is 6.18 Å². The first-order valence-corrected chi connectivity index (χ1v) is 5.68. The first-order chi connectivity index (χ1) is 9.44. The van der Waals surface area contributed by atoms with E-state index in [1.54, 1.807) is 41.2 Å². The highest BCUT2D eigenvalue weighted by Crippen LogP contribution is 2.17. The summed E-state index contributed by atoms with van der Waals surface area (Å²) in [6.07, 6.45) is -2.07. The number of alkyl halides is 3. The lowest BCUT2D eigenvalue weighted by molar-refractivity contribution is -0.159. The van der Waals surface area contributed by atoms with Gasteiger partial charge in [-0.25, -0.2) is 4.79 Å². The molecular formula is C13H11F3N2O2. The fraction of sp³-hybridized carbons (Fsp3) is 0.154. The summed E-state index contributed by atoms with van der Waals surface area (Å²) >= 11 is 0. The first-order valence-electron chi connectivity index (χ1n) is 5.68. The van der Waals surface area contributed by atoms with Crippen LogP contribution in [0.5, 0.6) is 0 Å². The number of rotatable bonds is 3. The van der Waals surface area contributed by atoms with Crippen molar-refractivity contribution < 1.29 is 22.7 Å². The summed E-state index contributed by atoms with van der Waals surface area (Å²) in [7, 11) is 0. The number of ether oxygens (including phenoxy) is 1. The van der Waals surface area contributed by atoms with E-state index in [1.807, 2.05) is 12.1 Å². The molecule has 106 valence electrons. The van der Waals surface area contributed by atoms with Gasteiger partial charge in [0.2, 0.25) is 0 Å². The van der Waals surface area contributed by atoms with Crippen LogP contribution in [0.2, 0.25) is 0 Å². The average molecular weight is 284 g/mol. The Morgan fingerprint density at radius 1 is 1.20 bits per heavy atom. The van der Waals surface area contributed by atoms with Gasteiger partial charge in [0.25, 0.3) is 0 Å². The van der Waals surface area contributed by atoms with Gasteiger partial charge in [0.15, 0.2) is 6.61 Å². The van der Waals surface area contributed by atoms with E-state index in [-0.39, 0.29) is 0 Å². The summed E-state index contributed by atoms with van der Waals surface area (Å²) in [6, 6.07) is 10.3. The molecule has 0 spiro atoms. The summed E-state index contributed by atoms with van der Waals surface area (Å²) in [5, 5.41) is 2.24. The van der Waals surface area contributed by atoms with Crippen LogP contribution in [-0.2, 0) is 4.74 Å². The van der Waals surface area contributed by atoms with Crippen LogP contribution in [0.4, 0.5) is 23.7 Å². The van der Waals surface area contributed by atoms with Crippen LogP contribution in [0.15, 0.2) is 48.8 Å². The van der Waals surface area contributed by atoms with E-state index in [0.717, 1.165) is 5.69 Å². The van der Waals surface area contributed by atoms with Crippen LogP contribution in [0.3, 0.4) is 0 Å². The number of amides is 1. The fourth-order valence-corrected chi connectivity index (χ4v) is 1.55. The van der Waals surface area contributed by atoms with Gasteiger partial charge in [-0.15, -0.1) is 0 Å². The van der Waals surface area contributed by atoms with E-state index in [2.05, 4.69) is 10.1 Å². The summed E-state index contributed by atoms with van der Waals surface area (Å²) in [4.78, 5) is 11.2. The zero-order valence-corrected chi connectivity index (χ0v) is 10.2. The van der Waals surface area contributed by atoms with Crippen molar-refractivity contribution in [3.8, 4) is 5.69 Å². The third kappa shape index (κ3) is 4.04. The molecule has 1 amide bonds. The Labute approximate surface area is 112 Å². The van der Waals surface area contributed by atoms with Crippen molar-refractivity contribution >= 4 is 11.8 Å². The van der Waals surface area contributed by atoms with Crippen LogP contribution in [-0.4, -0.2) is 23.4 Å². The van der Waals surface area contributed by atoms with Crippen LogP contribution in [0, 0.1) is 0 Å². The molecule has 0 atom stereocenters. The number of halogens is 3. The number of anilines is 1. The number of hydrogen-bond acceptors (Lipinski definition) is 2. The van der Waals surface area contributed by atoms with Crippen LogP contribution in [0.25, 0.3) is 5.69 Å². The normalized spacial score (nSPS) is 11.2. The Balaban J connectivity index is 2.00. The molecule has 0 radical (unpaired) electrons. The van der Waals surface area contributed by atoms with Crippen molar-refractivity contribution in [2.75, 3.05) is 11.9 Å².